The Morgan fingerprint density at radius 1 is 1.21 bits per heavy atom. The summed E-state index contributed by atoms with van der Waals surface area (Å²) in [6.07, 6.45) is 1.30. The maximum atomic E-state index is 11.9. The van der Waals surface area contributed by atoms with Crippen LogP contribution in [0.25, 0.3) is 0 Å². The molecule has 0 saturated heterocycles. The molecule has 4 heteroatoms. The van der Waals surface area contributed by atoms with Gasteiger partial charge in [-0.1, -0.05) is 22.9 Å². The van der Waals surface area contributed by atoms with Gasteiger partial charge < -0.3 is 9.94 Å². The fraction of sp³-hybridized carbons (Fsp3) is 0.0667. The van der Waals surface area contributed by atoms with Crippen molar-refractivity contribution in [2.24, 2.45) is 5.16 Å². The SMILES string of the molecule is Cc1cccc(C(=O)Oc2ccc(C=NO)cc2)c1. The number of aryl methyl sites for hydroxylation is 1. The van der Waals surface area contributed by atoms with Crippen LogP contribution in [0.4, 0.5) is 0 Å². The number of nitrogens with zero attached hydrogens (tertiary/aromatic N) is 1. The summed E-state index contributed by atoms with van der Waals surface area (Å²) in [4.78, 5) is 11.9. The third-order valence-corrected chi connectivity index (χ3v) is 2.55. The first-order valence-electron chi connectivity index (χ1n) is 5.75. The zero-order chi connectivity index (χ0) is 13.7. The number of carbonyl (C=O) groups is 1. The van der Waals surface area contributed by atoms with Crippen LogP contribution in [-0.4, -0.2) is 17.4 Å². The Morgan fingerprint density at radius 3 is 2.58 bits per heavy atom. The molecule has 0 unspecified atom stereocenters. The smallest absolute Gasteiger partial charge is 0.343 e. The van der Waals surface area contributed by atoms with Crippen LogP contribution in [0.5, 0.6) is 5.75 Å². The number of ether oxygens (including phenoxy) is 1. The average Bonchev–Trinajstić information content (AvgIpc) is 2.41. The first-order valence-corrected chi connectivity index (χ1v) is 5.75. The van der Waals surface area contributed by atoms with Gasteiger partial charge in [-0.05, 0) is 48.9 Å². The summed E-state index contributed by atoms with van der Waals surface area (Å²) in [5.74, 6) is 0.0499. The molecule has 0 spiro atoms. The van der Waals surface area contributed by atoms with Gasteiger partial charge in [0.25, 0.3) is 0 Å². The number of hydrogen-bond acceptors (Lipinski definition) is 4. The topological polar surface area (TPSA) is 58.9 Å². The van der Waals surface area contributed by atoms with E-state index in [1.165, 1.54) is 6.21 Å². The predicted molar refractivity (Wildman–Crippen MR) is 72.0 cm³/mol. The van der Waals surface area contributed by atoms with Gasteiger partial charge in [-0.15, -0.1) is 0 Å². The quantitative estimate of drug-likeness (QED) is 0.301. The van der Waals surface area contributed by atoms with Crippen LogP contribution in [0.2, 0.25) is 0 Å². The number of rotatable bonds is 3. The third-order valence-electron chi connectivity index (χ3n) is 2.55. The van der Waals surface area contributed by atoms with Crippen molar-refractivity contribution in [1.82, 2.24) is 0 Å². The van der Waals surface area contributed by atoms with Gasteiger partial charge >= 0.3 is 5.97 Å². The molecule has 0 fully saturated rings. The highest BCUT2D eigenvalue weighted by molar-refractivity contribution is 5.91. The number of benzene rings is 2. The maximum Gasteiger partial charge on any atom is 0.343 e. The summed E-state index contributed by atoms with van der Waals surface area (Å²) in [5.41, 5.74) is 2.24. The Kier molecular flexibility index (Phi) is 3.93. The van der Waals surface area contributed by atoms with E-state index < -0.39 is 5.97 Å². The van der Waals surface area contributed by atoms with Gasteiger partial charge in [0.1, 0.15) is 5.75 Å². The fourth-order valence-electron chi connectivity index (χ4n) is 1.63. The summed E-state index contributed by atoms with van der Waals surface area (Å²) in [6.45, 7) is 1.92. The molecular formula is C15H13NO3. The molecule has 19 heavy (non-hydrogen) atoms. The minimum atomic E-state index is -0.396. The molecule has 4 nitrogen and oxygen atoms in total. The molecule has 96 valence electrons. The highest BCUT2D eigenvalue weighted by Crippen LogP contribution is 2.14. The lowest BCUT2D eigenvalue weighted by atomic mass is 10.1. The van der Waals surface area contributed by atoms with Gasteiger partial charge in [0, 0.05) is 0 Å². The molecular weight excluding hydrogens is 242 g/mol. The van der Waals surface area contributed by atoms with E-state index in [9.17, 15) is 4.79 Å². The molecule has 0 radical (unpaired) electrons. The molecule has 2 aromatic rings. The first-order chi connectivity index (χ1) is 9.19. The molecule has 0 aliphatic heterocycles. The highest BCUT2D eigenvalue weighted by Gasteiger charge is 2.08. The van der Waals surface area contributed by atoms with Crippen LogP contribution in [0.15, 0.2) is 53.7 Å². The summed E-state index contributed by atoms with van der Waals surface area (Å²) < 4.78 is 5.24. The molecule has 0 aromatic heterocycles. The minimum absolute atomic E-state index is 0.396. The van der Waals surface area contributed by atoms with Crippen LogP contribution in [0, 0.1) is 6.92 Å². The van der Waals surface area contributed by atoms with E-state index in [0.29, 0.717) is 11.3 Å². The second-order valence-corrected chi connectivity index (χ2v) is 4.07. The van der Waals surface area contributed by atoms with E-state index >= 15 is 0 Å². The molecule has 1 N–H and O–H groups in total. The Morgan fingerprint density at radius 2 is 1.95 bits per heavy atom. The summed E-state index contributed by atoms with van der Waals surface area (Å²) in [5, 5.41) is 11.3. The van der Waals surface area contributed by atoms with Gasteiger partial charge in [-0.2, -0.15) is 0 Å². The highest BCUT2D eigenvalue weighted by atomic mass is 16.5. The van der Waals surface area contributed by atoms with Gasteiger partial charge in [0.2, 0.25) is 0 Å². The molecule has 2 aromatic carbocycles. The molecule has 0 bridgehead atoms. The summed E-state index contributed by atoms with van der Waals surface area (Å²) >= 11 is 0. The van der Waals surface area contributed by atoms with Crippen LogP contribution >= 0.6 is 0 Å². The van der Waals surface area contributed by atoms with Gasteiger partial charge in [-0.3, -0.25) is 0 Å². The van der Waals surface area contributed by atoms with Crippen molar-refractivity contribution in [3.8, 4) is 5.75 Å². The zero-order valence-corrected chi connectivity index (χ0v) is 10.4. The van der Waals surface area contributed by atoms with Crippen molar-refractivity contribution in [2.75, 3.05) is 0 Å². The minimum Gasteiger partial charge on any atom is -0.423 e. The Bertz CT molecular complexity index is 603. The van der Waals surface area contributed by atoms with E-state index in [0.717, 1.165) is 11.1 Å². The lowest BCUT2D eigenvalue weighted by molar-refractivity contribution is 0.0734. The van der Waals surface area contributed by atoms with E-state index in [-0.39, 0.29) is 0 Å². The van der Waals surface area contributed by atoms with Crippen molar-refractivity contribution < 1.29 is 14.7 Å². The van der Waals surface area contributed by atoms with Crippen LogP contribution in [0.3, 0.4) is 0 Å². The summed E-state index contributed by atoms with van der Waals surface area (Å²) in [7, 11) is 0. The van der Waals surface area contributed by atoms with Gasteiger partial charge in [0.05, 0.1) is 11.8 Å². The number of carbonyl (C=O) groups excluding carboxylic acids is 1. The lowest BCUT2D eigenvalue weighted by Crippen LogP contribution is -2.08. The second kappa shape index (κ2) is 5.82. The third kappa shape index (κ3) is 3.42. The second-order valence-electron chi connectivity index (χ2n) is 4.07. The van der Waals surface area contributed by atoms with Crippen molar-refractivity contribution in [3.63, 3.8) is 0 Å². The molecule has 2 rings (SSSR count). The van der Waals surface area contributed by atoms with Crippen molar-refractivity contribution in [1.29, 1.82) is 0 Å². The largest absolute Gasteiger partial charge is 0.423 e. The summed E-state index contributed by atoms with van der Waals surface area (Å²) in [6, 6.07) is 13.9. The molecule has 0 heterocycles. The monoisotopic (exact) mass is 255 g/mol. The van der Waals surface area contributed by atoms with Gasteiger partial charge in [-0.25, -0.2) is 4.79 Å². The van der Waals surface area contributed by atoms with Crippen LogP contribution in [0.1, 0.15) is 21.5 Å². The molecule has 0 saturated carbocycles. The van der Waals surface area contributed by atoms with Gasteiger partial charge in [0.15, 0.2) is 0 Å². The Labute approximate surface area is 111 Å². The van der Waals surface area contributed by atoms with E-state index in [1.807, 2.05) is 19.1 Å². The Hall–Kier alpha value is -2.62. The van der Waals surface area contributed by atoms with E-state index in [2.05, 4.69) is 5.16 Å². The number of esters is 1. The number of hydrogen-bond donors (Lipinski definition) is 1. The molecule has 0 aliphatic rings. The normalized spacial score (nSPS) is 10.6. The van der Waals surface area contributed by atoms with Crippen molar-refractivity contribution in [2.45, 2.75) is 6.92 Å². The standard InChI is InChI=1S/C15H13NO3/c1-11-3-2-4-13(9-11)15(17)19-14-7-5-12(6-8-14)10-16-18/h2-10,18H,1H3. The Balaban J connectivity index is 2.10. The predicted octanol–water partition coefficient (Wildman–Crippen LogP) is 3.02. The fourth-order valence-corrected chi connectivity index (χ4v) is 1.63. The lowest BCUT2D eigenvalue weighted by Gasteiger charge is -2.05. The van der Waals surface area contributed by atoms with Crippen LogP contribution < -0.4 is 4.74 Å². The van der Waals surface area contributed by atoms with E-state index in [1.54, 1.807) is 36.4 Å². The molecule has 0 aliphatic carbocycles. The first kappa shape index (κ1) is 12.8. The van der Waals surface area contributed by atoms with Crippen molar-refractivity contribution in [3.05, 3.63) is 65.2 Å². The van der Waals surface area contributed by atoms with Crippen molar-refractivity contribution >= 4 is 12.2 Å². The van der Waals surface area contributed by atoms with E-state index in [4.69, 9.17) is 9.94 Å². The molecule has 0 atom stereocenters. The van der Waals surface area contributed by atoms with Crippen LogP contribution in [-0.2, 0) is 0 Å². The average molecular weight is 255 g/mol. The maximum absolute atomic E-state index is 11.9. The zero-order valence-electron chi connectivity index (χ0n) is 10.4. The number of oxime groups is 1. The molecule has 0 amide bonds.